The van der Waals surface area contributed by atoms with Gasteiger partial charge in [-0.25, -0.2) is 0 Å². The quantitative estimate of drug-likeness (QED) is 0.599. The van der Waals surface area contributed by atoms with Crippen LogP contribution in [0.1, 0.15) is 55.4 Å². The van der Waals surface area contributed by atoms with Crippen LogP contribution in [0.4, 0.5) is 0 Å². The normalized spacial score (nSPS) is 21.1. The Morgan fingerprint density at radius 3 is 2.05 bits per heavy atom. The van der Waals surface area contributed by atoms with Gasteiger partial charge in [0.15, 0.2) is 0 Å². The van der Waals surface area contributed by atoms with Gasteiger partial charge < -0.3 is 5.32 Å². The molecule has 0 unspecified atom stereocenters. The molecule has 1 heteroatoms. The van der Waals surface area contributed by atoms with E-state index < -0.39 is 0 Å². The van der Waals surface area contributed by atoms with Gasteiger partial charge in [0.2, 0.25) is 0 Å². The van der Waals surface area contributed by atoms with Crippen molar-refractivity contribution in [2.24, 2.45) is 10.8 Å². The van der Waals surface area contributed by atoms with Gasteiger partial charge in [-0.15, -0.1) is 0 Å². The molecule has 108 valence electrons. The topological polar surface area (TPSA) is 12.0 Å². The predicted octanol–water partition coefficient (Wildman–Crippen LogP) is 5.59. The minimum Gasteiger partial charge on any atom is -0.362 e. The largest absolute Gasteiger partial charge is 0.362 e. The molecular formula is C18H31N. The van der Waals surface area contributed by atoms with Crippen molar-refractivity contribution in [1.29, 1.82) is 0 Å². The third-order valence-electron chi connectivity index (χ3n) is 3.03. The lowest BCUT2D eigenvalue weighted by Crippen LogP contribution is -2.25. The molecule has 2 rings (SSSR count). The minimum absolute atomic E-state index is 0.125. The van der Waals surface area contributed by atoms with Crippen molar-refractivity contribution in [2.75, 3.05) is 0 Å². The molecule has 0 saturated carbocycles. The molecule has 1 aliphatic carbocycles. The molecule has 0 spiro atoms. The number of hydrogen-bond acceptors (Lipinski definition) is 1. The van der Waals surface area contributed by atoms with Crippen LogP contribution in [-0.4, -0.2) is 0 Å². The molecule has 0 atom stereocenters. The van der Waals surface area contributed by atoms with Crippen LogP contribution < -0.4 is 5.32 Å². The fourth-order valence-electron chi connectivity index (χ4n) is 2.07. The van der Waals surface area contributed by atoms with Crippen LogP contribution in [0.15, 0.2) is 47.9 Å². The lowest BCUT2D eigenvalue weighted by Gasteiger charge is -2.32. The highest BCUT2D eigenvalue weighted by molar-refractivity contribution is 5.46. The second kappa shape index (κ2) is 7.37. The van der Waals surface area contributed by atoms with E-state index in [2.05, 4.69) is 63.4 Å². The van der Waals surface area contributed by atoms with Crippen molar-refractivity contribution in [3.8, 4) is 0 Å². The first-order chi connectivity index (χ1) is 8.91. The Labute approximate surface area is 120 Å². The predicted molar refractivity (Wildman–Crippen MR) is 87.8 cm³/mol. The van der Waals surface area contributed by atoms with E-state index in [9.17, 15) is 0 Å². The highest BCUT2D eigenvalue weighted by atomic mass is 14.9. The van der Waals surface area contributed by atoms with E-state index in [-0.39, 0.29) is 10.8 Å². The third kappa shape index (κ3) is 4.74. The van der Waals surface area contributed by atoms with E-state index in [4.69, 9.17) is 0 Å². The van der Waals surface area contributed by atoms with Gasteiger partial charge in [0, 0.05) is 16.5 Å². The summed E-state index contributed by atoms with van der Waals surface area (Å²) in [6.45, 7) is 17.0. The number of allylic oxidation sites excluding steroid dienone is 6. The summed E-state index contributed by atoms with van der Waals surface area (Å²) in [5.41, 5.74) is 2.88. The zero-order chi connectivity index (χ0) is 15.1. The van der Waals surface area contributed by atoms with Crippen LogP contribution in [0, 0.1) is 10.8 Å². The van der Waals surface area contributed by atoms with Crippen molar-refractivity contribution in [1.82, 2.24) is 5.32 Å². The maximum atomic E-state index is 3.32. The summed E-state index contributed by atoms with van der Waals surface area (Å²) in [5, 5.41) is 3.32. The molecule has 1 aliphatic heterocycles. The Kier molecular flexibility index (Phi) is 6.89. The maximum Gasteiger partial charge on any atom is 0.0417 e. The Morgan fingerprint density at radius 2 is 1.47 bits per heavy atom. The number of nitrogens with one attached hydrogen (secondary N) is 1. The van der Waals surface area contributed by atoms with E-state index >= 15 is 0 Å². The molecule has 0 aromatic carbocycles. The summed E-state index contributed by atoms with van der Waals surface area (Å²) in [5.74, 6) is 0. The third-order valence-corrected chi connectivity index (χ3v) is 3.03. The Balaban J connectivity index is 0.000000741. The fraction of sp³-hybridized carbons (Fsp3) is 0.556. The van der Waals surface area contributed by atoms with E-state index in [1.54, 1.807) is 0 Å². The van der Waals surface area contributed by atoms with Gasteiger partial charge >= 0.3 is 0 Å². The van der Waals surface area contributed by atoms with Gasteiger partial charge in [0.25, 0.3) is 0 Å². The fourth-order valence-corrected chi connectivity index (χ4v) is 2.07. The number of hydrogen-bond donors (Lipinski definition) is 1. The zero-order valence-electron chi connectivity index (χ0n) is 14.0. The summed E-state index contributed by atoms with van der Waals surface area (Å²) in [6, 6.07) is 0. The first-order valence-corrected chi connectivity index (χ1v) is 7.48. The maximum absolute atomic E-state index is 3.32. The van der Waals surface area contributed by atoms with E-state index in [0.717, 1.165) is 0 Å². The van der Waals surface area contributed by atoms with Crippen LogP contribution in [-0.2, 0) is 0 Å². The molecule has 1 heterocycles. The molecule has 0 aromatic heterocycles. The van der Waals surface area contributed by atoms with Crippen LogP contribution in [0.25, 0.3) is 0 Å². The minimum atomic E-state index is 0.125. The second-order valence-electron chi connectivity index (χ2n) is 5.52. The lowest BCUT2D eigenvalue weighted by atomic mass is 9.77. The molecule has 2 aliphatic rings. The molecule has 1 nitrogen and oxygen atoms in total. The highest BCUT2D eigenvalue weighted by Crippen LogP contribution is 2.39. The molecule has 0 fully saturated rings. The van der Waals surface area contributed by atoms with E-state index in [1.165, 1.54) is 11.3 Å². The van der Waals surface area contributed by atoms with Crippen molar-refractivity contribution >= 4 is 0 Å². The molecule has 0 radical (unpaired) electrons. The molecule has 0 bridgehead atoms. The van der Waals surface area contributed by atoms with Crippen molar-refractivity contribution in [2.45, 2.75) is 55.4 Å². The van der Waals surface area contributed by atoms with Crippen LogP contribution in [0.5, 0.6) is 0 Å². The second-order valence-corrected chi connectivity index (χ2v) is 5.52. The van der Waals surface area contributed by atoms with Crippen molar-refractivity contribution < 1.29 is 0 Å². The van der Waals surface area contributed by atoms with Gasteiger partial charge in [-0.1, -0.05) is 79.7 Å². The molecule has 1 N–H and O–H groups in total. The van der Waals surface area contributed by atoms with Gasteiger partial charge in [-0.05, 0) is 17.8 Å². The zero-order valence-corrected chi connectivity index (χ0v) is 14.0. The smallest absolute Gasteiger partial charge is 0.0417 e. The van der Waals surface area contributed by atoms with Gasteiger partial charge in [0.1, 0.15) is 0 Å². The van der Waals surface area contributed by atoms with Gasteiger partial charge in [-0.2, -0.15) is 0 Å². The average molecular weight is 261 g/mol. The van der Waals surface area contributed by atoms with E-state index in [1.807, 2.05) is 33.9 Å². The lowest BCUT2D eigenvalue weighted by molar-refractivity contribution is 0.535. The standard InChI is InChI=1S/C14H19N.2C2H6/c1-13(2)7-5-6-12-11(10-13)14(3,4)8-9-15-12;2*1-2/h5-10,15H,1-4H3;2*1-2H3. The summed E-state index contributed by atoms with van der Waals surface area (Å²) in [6.07, 6.45) is 13.2. The first-order valence-electron chi connectivity index (χ1n) is 7.48. The summed E-state index contributed by atoms with van der Waals surface area (Å²) >= 11 is 0. The Morgan fingerprint density at radius 1 is 0.895 bits per heavy atom. The SMILES string of the molecule is CC.CC.CC1(C)C=CC=C2NC=CC(C)(C)C2=C1. The molecule has 19 heavy (non-hydrogen) atoms. The molecule has 0 saturated heterocycles. The number of rotatable bonds is 0. The van der Waals surface area contributed by atoms with Crippen LogP contribution in [0.3, 0.4) is 0 Å². The van der Waals surface area contributed by atoms with Crippen LogP contribution in [0.2, 0.25) is 0 Å². The summed E-state index contributed by atoms with van der Waals surface area (Å²) in [4.78, 5) is 0. The monoisotopic (exact) mass is 261 g/mol. The summed E-state index contributed by atoms with van der Waals surface area (Å²) < 4.78 is 0. The van der Waals surface area contributed by atoms with Crippen molar-refractivity contribution in [3.05, 3.63) is 47.9 Å². The highest BCUT2D eigenvalue weighted by Gasteiger charge is 2.29. The Bertz CT molecular complexity index is 390. The molecule has 0 aromatic rings. The molecular weight excluding hydrogens is 230 g/mol. The molecule has 0 amide bonds. The van der Waals surface area contributed by atoms with Crippen LogP contribution >= 0.6 is 0 Å². The number of fused-ring (bicyclic) bond motifs is 1. The average Bonchev–Trinajstić information content (AvgIpc) is 2.53. The van der Waals surface area contributed by atoms with Crippen molar-refractivity contribution in [3.63, 3.8) is 0 Å². The van der Waals surface area contributed by atoms with E-state index in [0.29, 0.717) is 0 Å². The summed E-state index contributed by atoms with van der Waals surface area (Å²) in [7, 11) is 0. The van der Waals surface area contributed by atoms with Gasteiger partial charge in [0.05, 0.1) is 0 Å². The van der Waals surface area contributed by atoms with Gasteiger partial charge in [-0.3, -0.25) is 0 Å². The first kappa shape index (κ1) is 17.8. The Hall–Kier alpha value is -1.24.